The van der Waals surface area contributed by atoms with Gasteiger partial charge in [0.25, 0.3) is 5.91 Å². The van der Waals surface area contributed by atoms with Crippen LogP contribution in [0.3, 0.4) is 0 Å². The van der Waals surface area contributed by atoms with Crippen LogP contribution < -0.4 is 10.1 Å². The molecule has 0 aromatic heterocycles. The summed E-state index contributed by atoms with van der Waals surface area (Å²) in [6, 6.07) is 8.41. The molecular weight excluding hydrogens is 235 g/mol. The Morgan fingerprint density at radius 2 is 1.94 bits per heavy atom. The van der Waals surface area contributed by atoms with Gasteiger partial charge < -0.3 is 10.1 Å². The number of para-hydroxylation sites is 1. The summed E-state index contributed by atoms with van der Waals surface area (Å²) in [5.74, 6) is -0.367. The summed E-state index contributed by atoms with van der Waals surface area (Å²) in [4.78, 5) is 11.3. The monoisotopic (exact) mass is 247 g/mol. The van der Waals surface area contributed by atoms with Gasteiger partial charge in [0.05, 0.1) is 0 Å². The van der Waals surface area contributed by atoms with Crippen LogP contribution in [0.5, 0.6) is 5.75 Å². The Morgan fingerprint density at radius 1 is 1.35 bits per heavy atom. The van der Waals surface area contributed by atoms with Crippen LogP contribution in [-0.2, 0) is 4.79 Å². The number of amides is 1. The van der Waals surface area contributed by atoms with Crippen molar-refractivity contribution in [2.45, 2.75) is 19.2 Å². The van der Waals surface area contributed by atoms with Crippen LogP contribution in [0.25, 0.3) is 0 Å². The Balaban J connectivity index is 2.43. The number of benzene rings is 1. The van der Waals surface area contributed by atoms with E-state index in [-0.39, 0.29) is 0 Å². The second-order valence-corrected chi connectivity index (χ2v) is 3.41. The van der Waals surface area contributed by atoms with Gasteiger partial charge in [-0.3, -0.25) is 4.79 Å². The second kappa shape index (κ2) is 5.56. The Bertz CT molecular complexity index is 365. The molecule has 1 aromatic rings. The van der Waals surface area contributed by atoms with E-state index in [1.807, 2.05) is 0 Å². The molecule has 0 bridgehead atoms. The summed E-state index contributed by atoms with van der Waals surface area (Å²) in [6.07, 6.45) is -5.39. The highest BCUT2D eigenvalue weighted by molar-refractivity contribution is 5.80. The third-order valence-electron chi connectivity index (χ3n) is 1.89. The van der Waals surface area contributed by atoms with Gasteiger partial charge in [0.1, 0.15) is 12.3 Å². The van der Waals surface area contributed by atoms with Crippen LogP contribution in [0.1, 0.15) is 6.92 Å². The molecule has 94 valence electrons. The maximum absolute atomic E-state index is 11.9. The van der Waals surface area contributed by atoms with Crippen molar-refractivity contribution >= 4 is 5.91 Å². The van der Waals surface area contributed by atoms with E-state index in [4.69, 9.17) is 4.74 Å². The fourth-order valence-electron chi connectivity index (χ4n) is 1.09. The zero-order valence-electron chi connectivity index (χ0n) is 9.12. The molecule has 1 aromatic carbocycles. The summed E-state index contributed by atoms with van der Waals surface area (Å²) in [5, 5.41) is 1.75. The molecule has 0 aliphatic heterocycles. The van der Waals surface area contributed by atoms with E-state index in [1.165, 1.54) is 6.92 Å². The van der Waals surface area contributed by atoms with E-state index in [1.54, 1.807) is 35.6 Å². The Labute approximate surface area is 96.6 Å². The summed E-state index contributed by atoms with van der Waals surface area (Å²) >= 11 is 0. The number of alkyl halides is 3. The van der Waals surface area contributed by atoms with E-state index in [0.717, 1.165) is 0 Å². The number of halogens is 3. The van der Waals surface area contributed by atoms with E-state index >= 15 is 0 Å². The number of hydrogen-bond donors (Lipinski definition) is 1. The van der Waals surface area contributed by atoms with Gasteiger partial charge in [-0.1, -0.05) is 18.2 Å². The standard InChI is InChI=1S/C11H12F3NO2/c1-8(10(16)15-7-11(12,13)14)17-9-5-3-2-4-6-9/h2-6,8H,7H2,1H3,(H,15,16)/t8-/m1/s1. The summed E-state index contributed by atoms with van der Waals surface area (Å²) in [7, 11) is 0. The highest BCUT2D eigenvalue weighted by atomic mass is 19.4. The molecule has 1 N–H and O–H groups in total. The minimum absolute atomic E-state index is 0.433. The first-order chi connectivity index (χ1) is 7.88. The molecule has 17 heavy (non-hydrogen) atoms. The highest BCUT2D eigenvalue weighted by Gasteiger charge is 2.29. The molecular formula is C11H12F3NO2. The van der Waals surface area contributed by atoms with Crippen molar-refractivity contribution in [3.05, 3.63) is 30.3 Å². The largest absolute Gasteiger partial charge is 0.481 e. The molecule has 1 rings (SSSR count). The molecule has 0 saturated heterocycles. The van der Waals surface area contributed by atoms with Gasteiger partial charge >= 0.3 is 6.18 Å². The van der Waals surface area contributed by atoms with Crippen LogP contribution in [-0.4, -0.2) is 24.7 Å². The lowest BCUT2D eigenvalue weighted by molar-refractivity contribution is -0.142. The number of carbonyl (C=O) groups is 1. The van der Waals surface area contributed by atoms with Crippen molar-refractivity contribution in [1.29, 1.82) is 0 Å². The minimum Gasteiger partial charge on any atom is -0.481 e. The molecule has 0 aliphatic rings. The fourth-order valence-corrected chi connectivity index (χ4v) is 1.09. The fraction of sp³-hybridized carbons (Fsp3) is 0.364. The molecule has 0 saturated carbocycles. The third kappa shape index (κ3) is 5.24. The third-order valence-corrected chi connectivity index (χ3v) is 1.89. The van der Waals surface area contributed by atoms with Gasteiger partial charge in [0.2, 0.25) is 0 Å². The van der Waals surface area contributed by atoms with E-state index in [2.05, 4.69) is 0 Å². The van der Waals surface area contributed by atoms with Crippen molar-refractivity contribution in [2.75, 3.05) is 6.54 Å². The van der Waals surface area contributed by atoms with Crippen molar-refractivity contribution in [3.63, 3.8) is 0 Å². The first kappa shape index (κ1) is 13.3. The number of hydrogen-bond acceptors (Lipinski definition) is 2. The molecule has 1 atom stereocenters. The SMILES string of the molecule is C[C@@H](Oc1ccccc1)C(=O)NCC(F)(F)F. The van der Waals surface area contributed by atoms with Crippen molar-refractivity contribution in [2.24, 2.45) is 0 Å². The molecule has 1 amide bonds. The molecule has 0 aliphatic carbocycles. The minimum atomic E-state index is -4.41. The van der Waals surface area contributed by atoms with Gasteiger partial charge in [-0.25, -0.2) is 0 Å². The summed E-state index contributed by atoms with van der Waals surface area (Å²) in [6.45, 7) is 0.0348. The predicted molar refractivity (Wildman–Crippen MR) is 55.6 cm³/mol. The van der Waals surface area contributed by atoms with Crippen molar-refractivity contribution < 1.29 is 22.7 Å². The van der Waals surface area contributed by atoms with Gasteiger partial charge in [-0.2, -0.15) is 13.2 Å². The van der Waals surface area contributed by atoms with Crippen LogP contribution in [0.4, 0.5) is 13.2 Å². The lowest BCUT2D eigenvalue weighted by atomic mass is 10.3. The Kier molecular flexibility index (Phi) is 4.37. The molecule has 0 radical (unpaired) electrons. The quantitative estimate of drug-likeness (QED) is 0.885. The molecule has 0 fully saturated rings. The first-order valence-corrected chi connectivity index (χ1v) is 4.94. The Hall–Kier alpha value is -1.72. The number of nitrogens with one attached hydrogen (secondary N) is 1. The van der Waals surface area contributed by atoms with Gasteiger partial charge in [0, 0.05) is 0 Å². The van der Waals surface area contributed by atoms with Crippen LogP contribution in [0, 0.1) is 0 Å². The number of carbonyl (C=O) groups excluding carboxylic acids is 1. The molecule has 0 unspecified atom stereocenters. The number of rotatable bonds is 4. The van der Waals surface area contributed by atoms with Gasteiger partial charge in [-0.15, -0.1) is 0 Å². The second-order valence-electron chi connectivity index (χ2n) is 3.41. The highest BCUT2D eigenvalue weighted by Crippen LogP contribution is 2.13. The van der Waals surface area contributed by atoms with E-state index in [0.29, 0.717) is 5.75 Å². The first-order valence-electron chi connectivity index (χ1n) is 4.94. The summed E-state index contributed by atoms with van der Waals surface area (Å²) in [5.41, 5.74) is 0. The van der Waals surface area contributed by atoms with E-state index < -0.39 is 24.7 Å². The zero-order valence-corrected chi connectivity index (χ0v) is 9.12. The topological polar surface area (TPSA) is 38.3 Å². The van der Waals surface area contributed by atoms with Crippen molar-refractivity contribution in [1.82, 2.24) is 5.32 Å². The maximum atomic E-state index is 11.9. The summed E-state index contributed by atoms with van der Waals surface area (Å²) < 4.78 is 40.7. The molecule has 0 heterocycles. The van der Waals surface area contributed by atoms with Crippen LogP contribution in [0.2, 0.25) is 0 Å². The lowest BCUT2D eigenvalue weighted by Crippen LogP contribution is -2.41. The normalized spacial score (nSPS) is 12.9. The average Bonchev–Trinajstić information content (AvgIpc) is 2.26. The molecule has 6 heteroatoms. The molecule has 0 spiro atoms. The predicted octanol–water partition coefficient (Wildman–Crippen LogP) is 2.13. The number of ether oxygens (including phenoxy) is 1. The van der Waals surface area contributed by atoms with Crippen LogP contribution in [0.15, 0.2) is 30.3 Å². The van der Waals surface area contributed by atoms with Gasteiger partial charge in [0.15, 0.2) is 6.10 Å². The Morgan fingerprint density at radius 3 is 2.47 bits per heavy atom. The van der Waals surface area contributed by atoms with Gasteiger partial charge in [-0.05, 0) is 19.1 Å². The maximum Gasteiger partial charge on any atom is 0.405 e. The average molecular weight is 247 g/mol. The smallest absolute Gasteiger partial charge is 0.405 e. The van der Waals surface area contributed by atoms with Crippen molar-refractivity contribution in [3.8, 4) is 5.75 Å². The molecule has 3 nitrogen and oxygen atoms in total. The van der Waals surface area contributed by atoms with E-state index in [9.17, 15) is 18.0 Å². The zero-order chi connectivity index (χ0) is 12.9. The lowest BCUT2D eigenvalue weighted by Gasteiger charge is -2.15. The van der Waals surface area contributed by atoms with Crippen LogP contribution >= 0.6 is 0 Å².